The SMILES string of the molecule is CC(C)C(NC(=O)c1ccc(Cl)c([N+](=O)[O-])c1)C(=O)OCc1cccc(F)c1. The fourth-order valence-electron chi connectivity index (χ4n) is 2.39. The lowest BCUT2D eigenvalue weighted by molar-refractivity contribution is -0.384. The number of carbonyl (C=O) groups excluding carboxylic acids is 2. The molecule has 2 rings (SSSR count). The van der Waals surface area contributed by atoms with E-state index >= 15 is 0 Å². The quantitative estimate of drug-likeness (QED) is 0.425. The zero-order chi connectivity index (χ0) is 20.8. The predicted octanol–water partition coefficient (Wildman–Crippen LogP) is 3.89. The van der Waals surface area contributed by atoms with Crippen molar-refractivity contribution < 1.29 is 23.6 Å². The molecule has 2 aromatic rings. The van der Waals surface area contributed by atoms with Crippen LogP contribution in [0.3, 0.4) is 0 Å². The summed E-state index contributed by atoms with van der Waals surface area (Å²) >= 11 is 5.74. The van der Waals surface area contributed by atoms with Gasteiger partial charge in [-0.25, -0.2) is 9.18 Å². The van der Waals surface area contributed by atoms with Crippen molar-refractivity contribution in [2.75, 3.05) is 0 Å². The molecule has 1 atom stereocenters. The molecular formula is C19H18ClFN2O5. The molecule has 0 spiro atoms. The molecule has 1 amide bonds. The minimum Gasteiger partial charge on any atom is -0.459 e. The lowest BCUT2D eigenvalue weighted by atomic mass is 10.0. The number of rotatable bonds is 7. The Bertz CT molecular complexity index is 904. The number of amides is 1. The van der Waals surface area contributed by atoms with E-state index in [4.69, 9.17) is 16.3 Å². The maximum absolute atomic E-state index is 13.2. The van der Waals surface area contributed by atoms with Gasteiger partial charge in [0.25, 0.3) is 11.6 Å². The van der Waals surface area contributed by atoms with E-state index in [2.05, 4.69) is 5.32 Å². The average Bonchev–Trinajstić information content (AvgIpc) is 2.64. The van der Waals surface area contributed by atoms with Gasteiger partial charge in [-0.2, -0.15) is 0 Å². The number of carbonyl (C=O) groups is 2. The van der Waals surface area contributed by atoms with Crippen LogP contribution in [0.15, 0.2) is 42.5 Å². The van der Waals surface area contributed by atoms with Crippen molar-refractivity contribution in [2.24, 2.45) is 5.92 Å². The van der Waals surface area contributed by atoms with Crippen LogP contribution < -0.4 is 5.32 Å². The van der Waals surface area contributed by atoms with E-state index in [1.54, 1.807) is 19.9 Å². The van der Waals surface area contributed by atoms with Gasteiger partial charge >= 0.3 is 5.97 Å². The van der Waals surface area contributed by atoms with Crippen LogP contribution in [0.4, 0.5) is 10.1 Å². The summed E-state index contributed by atoms with van der Waals surface area (Å²) in [5.41, 5.74) is 0.0410. The zero-order valence-electron chi connectivity index (χ0n) is 15.1. The van der Waals surface area contributed by atoms with Gasteiger partial charge in [0.05, 0.1) is 4.92 Å². The Kier molecular flexibility index (Phi) is 7.06. The molecule has 7 nitrogen and oxygen atoms in total. The molecule has 1 unspecified atom stereocenters. The minimum absolute atomic E-state index is 0.0142. The van der Waals surface area contributed by atoms with E-state index in [1.807, 2.05) is 0 Å². The molecule has 0 heterocycles. The van der Waals surface area contributed by atoms with E-state index in [1.165, 1.54) is 30.3 Å². The molecule has 148 valence electrons. The summed E-state index contributed by atoms with van der Waals surface area (Å²) in [6.07, 6.45) is 0. The van der Waals surface area contributed by atoms with Crippen molar-refractivity contribution in [1.29, 1.82) is 0 Å². The number of nitro groups is 1. The summed E-state index contributed by atoms with van der Waals surface area (Å²) in [5, 5.41) is 13.4. The maximum Gasteiger partial charge on any atom is 0.329 e. The smallest absolute Gasteiger partial charge is 0.329 e. The highest BCUT2D eigenvalue weighted by Crippen LogP contribution is 2.25. The highest BCUT2D eigenvalue weighted by Gasteiger charge is 2.27. The Morgan fingerprint density at radius 1 is 1.25 bits per heavy atom. The van der Waals surface area contributed by atoms with Crippen LogP contribution in [0.25, 0.3) is 0 Å². The Morgan fingerprint density at radius 3 is 2.57 bits per heavy atom. The Balaban J connectivity index is 2.09. The normalized spacial score (nSPS) is 11.8. The number of esters is 1. The Labute approximate surface area is 165 Å². The van der Waals surface area contributed by atoms with E-state index in [0.29, 0.717) is 5.56 Å². The number of hydrogen-bond donors (Lipinski definition) is 1. The number of halogens is 2. The van der Waals surface area contributed by atoms with Gasteiger partial charge < -0.3 is 10.1 Å². The molecule has 0 bridgehead atoms. The standard InChI is InChI=1S/C19H18ClFN2O5/c1-11(2)17(19(25)28-10-12-4-3-5-14(21)8-12)22-18(24)13-6-7-15(20)16(9-13)23(26)27/h3-9,11,17H,10H2,1-2H3,(H,22,24). The number of ether oxygens (including phenoxy) is 1. The monoisotopic (exact) mass is 408 g/mol. The lowest BCUT2D eigenvalue weighted by Crippen LogP contribution is -2.45. The molecule has 0 radical (unpaired) electrons. The first-order chi connectivity index (χ1) is 13.2. The fourth-order valence-corrected chi connectivity index (χ4v) is 2.57. The molecule has 0 saturated carbocycles. The molecule has 0 aliphatic carbocycles. The van der Waals surface area contributed by atoms with Crippen molar-refractivity contribution in [3.8, 4) is 0 Å². The molecule has 1 N–H and O–H groups in total. The summed E-state index contributed by atoms with van der Waals surface area (Å²) in [5.74, 6) is -2.14. The fraction of sp³-hybridized carbons (Fsp3) is 0.263. The summed E-state index contributed by atoms with van der Waals surface area (Å²) in [6.45, 7) is 3.26. The first-order valence-electron chi connectivity index (χ1n) is 8.35. The zero-order valence-corrected chi connectivity index (χ0v) is 15.9. The van der Waals surface area contributed by atoms with Gasteiger partial charge in [-0.05, 0) is 35.7 Å². The first-order valence-corrected chi connectivity index (χ1v) is 8.72. The third kappa shape index (κ3) is 5.50. The van der Waals surface area contributed by atoms with Crippen LogP contribution in [0.2, 0.25) is 5.02 Å². The third-order valence-electron chi connectivity index (χ3n) is 3.88. The second-order valence-electron chi connectivity index (χ2n) is 6.36. The second-order valence-corrected chi connectivity index (χ2v) is 6.76. The molecule has 2 aromatic carbocycles. The number of nitrogens with one attached hydrogen (secondary N) is 1. The van der Waals surface area contributed by atoms with Crippen LogP contribution in [-0.4, -0.2) is 22.8 Å². The predicted molar refractivity (Wildman–Crippen MR) is 100 cm³/mol. The summed E-state index contributed by atoms with van der Waals surface area (Å²) < 4.78 is 18.4. The van der Waals surface area contributed by atoms with Crippen molar-refractivity contribution in [1.82, 2.24) is 5.32 Å². The molecule has 0 aliphatic rings. The Hall–Kier alpha value is -3.00. The van der Waals surface area contributed by atoms with Gasteiger partial charge in [-0.1, -0.05) is 37.6 Å². The van der Waals surface area contributed by atoms with Crippen molar-refractivity contribution in [2.45, 2.75) is 26.5 Å². The number of nitro benzene ring substituents is 1. The third-order valence-corrected chi connectivity index (χ3v) is 4.20. The van der Waals surface area contributed by atoms with E-state index < -0.39 is 34.3 Å². The van der Waals surface area contributed by atoms with Crippen LogP contribution in [0, 0.1) is 21.8 Å². The summed E-state index contributed by atoms with van der Waals surface area (Å²) in [7, 11) is 0. The van der Waals surface area contributed by atoms with Crippen LogP contribution in [0.1, 0.15) is 29.8 Å². The average molecular weight is 409 g/mol. The number of nitrogens with zero attached hydrogens (tertiary/aromatic N) is 1. The van der Waals surface area contributed by atoms with Gasteiger partial charge in [0.2, 0.25) is 0 Å². The van der Waals surface area contributed by atoms with E-state index in [-0.39, 0.29) is 23.1 Å². The highest BCUT2D eigenvalue weighted by atomic mass is 35.5. The van der Waals surface area contributed by atoms with Gasteiger partial charge in [0, 0.05) is 11.6 Å². The van der Waals surface area contributed by atoms with E-state index in [0.717, 1.165) is 6.07 Å². The Morgan fingerprint density at radius 2 is 1.96 bits per heavy atom. The van der Waals surface area contributed by atoms with Crippen LogP contribution >= 0.6 is 11.6 Å². The molecule has 0 aromatic heterocycles. The topological polar surface area (TPSA) is 98.5 Å². The molecule has 0 saturated heterocycles. The van der Waals surface area contributed by atoms with Gasteiger partial charge in [-0.3, -0.25) is 14.9 Å². The van der Waals surface area contributed by atoms with Crippen molar-refractivity contribution >= 4 is 29.2 Å². The first kappa shape index (κ1) is 21.3. The molecule has 28 heavy (non-hydrogen) atoms. The molecular weight excluding hydrogens is 391 g/mol. The minimum atomic E-state index is -0.990. The molecule has 0 fully saturated rings. The largest absolute Gasteiger partial charge is 0.459 e. The highest BCUT2D eigenvalue weighted by molar-refractivity contribution is 6.32. The molecule has 0 aliphatic heterocycles. The van der Waals surface area contributed by atoms with E-state index in [9.17, 15) is 24.1 Å². The van der Waals surface area contributed by atoms with Crippen LogP contribution in [-0.2, 0) is 16.1 Å². The summed E-state index contributed by atoms with van der Waals surface area (Å²) in [4.78, 5) is 35.1. The van der Waals surface area contributed by atoms with Crippen molar-refractivity contribution in [3.63, 3.8) is 0 Å². The van der Waals surface area contributed by atoms with Gasteiger partial charge in [0.1, 0.15) is 23.5 Å². The van der Waals surface area contributed by atoms with Gasteiger partial charge in [-0.15, -0.1) is 0 Å². The maximum atomic E-state index is 13.2. The second kappa shape index (κ2) is 9.27. The van der Waals surface area contributed by atoms with Gasteiger partial charge in [0.15, 0.2) is 0 Å². The van der Waals surface area contributed by atoms with Crippen molar-refractivity contribution in [3.05, 3.63) is 74.5 Å². The number of hydrogen-bond acceptors (Lipinski definition) is 5. The molecule has 9 heteroatoms. The lowest BCUT2D eigenvalue weighted by Gasteiger charge is -2.21. The van der Waals surface area contributed by atoms with Crippen LogP contribution in [0.5, 0.6) is 0 Å². The summed E-state index contributed by atoms with van der Waals surface area (Å²) in [6, 6.07) is 8.21. The number of benzene rings is 2.